The molecule has 2 aromatic rings. The minimum absolute atomic E-state index is 0.150. The maximum atomic E-state index is 14.0. The van der Waals surface area contributed by atoms with Gasteiger partial charge in [-0.25, -0.2) is 4.39 Å². The summed E-state index contributed by atoms with van der Waals surface area (Å²) in [6, 6.07) is 12.5. The molecule has 2 rings (SSSR count). The van der Waals surface area contributed by atoms with Crippen LogP contribution in [0.5, 0.6) is 0 Å². The van der Waals surface area contributed by atoms with E-state index < -0.39 is 10.8 Å². The predicted molar refractivity (Wildman–Crippen MR) is 75.6 cm³/mol. The van der Waals surface area contributed by atoms with Crippen molar-refractivity contribution in [3.05, 3.63) is 65.0 Å². The number of nitrogens with two attached hydrogens (primary N) is 1. The smallest absolute Gasteiger partial charge is 0.131 e. The Labute approximate surface area is 114 Å². The second-order valence-electron chi connectivity index (χ2n) is 4.40. The molecular weight excluding hydrogens is 261 g/mol. The number of benzene rings is 2. The molecule has 4 heteroatoms. The molecule has 0 amide bonds. The van der Waals surface area contributed by atoms with Crippen LogP contribution in [0.15, 0.2) is 47.4 Å². The first-order valence-electron chi connectivity index (χ1n) is 6.03. The zero-order valence-electron chi connectivity index (χ0n) is 10.7. The SMILES string of the molecule is Cc1ccc(S(=O)Cc2cccc(CN)c2F)cc1. The van der Waals surface area contributed by atoms with Crippen molar-refractivity contribution >= 4 is 10.8 Å². The van der Waals surface area contributed by atoms with Crippen molar-refractivity contribution in [2.45, 2.75) is 24.1 Å². The van der Waals surface area contributed by atoms with Crippen molar-refractivity contribution in [3.8, 4) is 0 Å². The fourth-order valence-electron chi connectivity index (χ4n) is 1.82. The van der Waals surface area contributed by atoms with E-state index in [1.54, 1.807) is 18.2 Å². The van der Waals surface area contributed by atoms with Gasteiger partial charge < -0.3 is 5.73 Å². The van der Waals surface area contributed by atoms with Crippen LogP contribution in [0.4, 0.5) is 4.39 Å². The fourth-order valence-corrected chi connectivity index (χ4v) is 2.93. The summed E-state index contributed by atoms with van der Waals surface area (Å²) >= 11 is 0. The van der Waals surface area contributed by atoms with Crippen LogP contribution in [-0.2, 0) is 23.1 Å². The topological polar surface area (TPSA) is 43.1 Å². The molecule has 0 bridgehead atoms. The number of aryl methyl sites for hydroxylation is 1. The molecule has 1 unspecified atom stereocenters. The Bertz CT molecular complexity index is 596. The molecule has 100 valence electrons. The Kier molecular flexibility index (Phi) is 4.45. The summed E-state index contributed by atoms with van der Waals surface area (Å²) in [5, 5.41) is 0. The molecule has 0 saturated heterocycles. The van der Waals surface area contributed by atoms with E-state index in [-0.39, 0.29) is 18.1 Å². The van der Waals surface area contributed by atoms with Crippen LogP contribution in [0.1, 0.15) is 16.7 Å². The molecule has 0 aliphatic rings. The van der Waals surface area contributed by atoms with Gasteiger partial charge in [-0.15, -0.1) is 0 Å². The first-order chi connectivity index (χ1) is 9.11. The molecule has 2 nitrogen and oxygen atoms in total. The quantitative estimate of drug-likeness (QED) is 0.933. The molecule has 2 aromatic carbocycles. The first-order valence-corrected chi connectivity index (χ1v) is 7.35. The van der Waals surface area contributed by atoms with Gasteiger partial charge in [0, 0.05) is 22.6 Å². The van der Waals surface area contributed by atoms with Crippen LogP contribution < -0.4 is 5.73 Å². The molecule has 0 radical (unpaired) electrons. The molecule has 0 heterocycles. The molecule has 0 spiro atoms. The Hall–Kier alpha value is -1.52. The largest absolute Gasteiger partial charge is 0.326 e. The second kappa shape index (κ2) is 6.08. The molecular formula is C15H16FNOS. The van der Waals surface area contributed by atoms with E-state index >= 15 is 0 Å². The Morgan fingerprint density at radius 3 is 2.37 bits per heavy atom. The lowest BCUT2D eigenvalue weighted by molar-refractivity contribution is 0.598. The van der Waals surface area contributed by atoms with E-state index in [4.69, 9.17) is 5.73 Å². The highest BCUT2D eigenvalue weighted by Crippen LogP contribution is 2.18. The lowest BCUT2D eigenvalue weighted by Crippen LogP contribution is -2.05. The Morgan fingerprint density at radius 1 is 1.11 bits per heavy atom. The van der Waals surface area contributed by atoms with Crippen LogP contribution in [0, 0.1) is 12.7 Å². The van der Waals surface area contributed by atoms with Crippen LogP contribution in [-0.4, -0.2) is 4.21 Å². The van der Waals surface area contributed by atoms with Gasteiger partial charge in [0.25, 0.3) is 0 Å². The van der Waals surface area contributed by atoms with Gasteiger partial charge in [0.1, 0.15) is 5.82 Å². The Balaban J connectivity index is 2.21. The number of rotatable bonds is 4. The zero-order valence-corrected chi connectivity index (χ0v) is 11.5. The second-order valence-corrected chi connectivity index (χ2v) is 5.85. The third-order valence-electron chi connectivity index (χ3n) is 2.95. The standard InChI is InChI=1S/C15H16FNOS/c1-11-5-7-14(8-6-11)19(18)10-13-4-2-3-12(9-17)15(13)16/h2-8H,9-10,17H2,1H3. The van der Waals surface area contributed by atoms with E-state index in [1.165, 1.54) is 0 Å². The highest BCUT2D eigenvalue weighted by Gasteiger charge is 2.11. The van der Waals surface area contributed by atoms with Gasteiger partial charge >= 0.3 is 0 Å². The van der Waals surface area contributed by atoms with Crippen molar-refractivity contribution in [2.24, 2.45) is 5.73 Å². The molecule has 0 fully saturated rings. The Morgan fingerprint density at radius 2 is 1.74 bits per heavy atom. The average Bonchev–Trinajstić information content (AvgIpc) is 2.42. The third-order valence-corrected chi connectivity index (χ3v) is 4.32. The van der Waals surface area contributed by atoms with E-state index in [9.17, 15) is 8.60 Å². The van der Waals surface area contributed by atoms with Gasteiger partial charge in [-0.05, 0) is 19.1 Å². The van der Waals surface area contributed by atoms with Crippen LogP contribution in [0.3, 0.4) is 0 Å². The van der Waals surface area contributed by atoms with Gasteiger partial charge in [0.05, 0.1) is 16.6 Å². The van der Waals surface area contributed by atoms with E-state index in [0.717, 1.165) is 5.56 Å². The van der Waals surface area contributed by atoms with Gasteiger partial charge in [-0.3, -0.25) is 4.21 Å². The summed E-state index contributed by atoms with van der Waals surface area (Å²) in [4.78, 5) is 0.711. The molecule has 0 aromatic heterocycles. The number of hydrogen-bond acceptors (Lipinski definition) is 2. The zero-order chi connectivity index (χ0) is 13.8. The predicted octanol–water partition coefficient (Wildman–Crippen LogP) is 2.90. The van der Waals surface area contributed by atoms with Gasteiger partial charge in [0.2, 0.25) is 0 Å². The lowest BCUT2D eigenvalue weighted by Gasteiger charge is -2.07. The fraction of sp³-hybridized carbons (Fsp3) is 0.200. The third kappa shape index (κ3) is 3.28. The summed E-state index contributed by atoms with van der Waals surface area (Å²) < 4.78 is 26.2. The summed E-state index contributed by atoms with van der Waals surface area (Å²) in [5.74, 6) is -0.173. The highest BCUT2D eigenvalue weighted by atomic mass is 32.2. The van der Waals surface area contributed by atoms with Crippen molar-refractivity contribution < 1.29 is 8.60 Å². The van der Waals surface area contributed by atoms with Crippen molar-refractivity contribution in [2.75, 3.05) is 0 Å². The molecule has 0 aliphatic carbocycles. The summed E-state index contributed by atoms with van der Waals surface area (Å²) in [7, 11) is -1.24. The van der Waals surface area contributed by atoms with Crippen LogP contribution in [0.2, 0.25) is 0 Å². The van der Waals surface area contributed by atoms with E-state index in [2.05, 4.69) is 0 Å². The molecule has 0 aliphatic heterocycles. The summed E-state index contributed by atoms with van der Waals surface area (Å²) in [6.07, 6.45) is 0. The average molecular weight is 277 g/mol. The molecule has 19 heavy (non-hydrogen) atoms. The lowest BCUT2D eigenvalue weighted by atomic mass is 10.1. The molecule has 1 atom stereocenters. The maximum Gasteiger partial charge on any atom is 0.131 e. The summed E-state index contributed by atoms with van der Waals surface area (Å²) in [6.45, 7) is 2.12. The molecule has 0 saturated carbocycles. The van der Waals surface area contributed by atoms with Crippen molar-refractivity contribution in [1.82, 2.24) is 0 Å². The van der Waals surface area contributed by atoms with Gasteiger partial charge in [0.15, 0.2) is 0 Å². The van der Waals surface area contributed by atoms with E-state index in [0.29, 0.717) is 16.0 Å². The number of hydrogen-bond donors (Lipinski definition) is 1. The van der Waals surface area contributed by atoms with Crippen LogP contribution in [0.25, 0.3) is 0 Å². The van der Waals surface area contributed by atoms with Crippen molar-refractivity contribution in [3.63, 3.8) is 0 Å². The van der Waals surface area contributed by atoms with Crippen LogP contribution >= 0.6 is 0 Å². The van der Waals surface area contributed by atoms with E-state index in [1.807, 2.05) is 31.2 Å². The molecule has 2 N–H and O–H groups in total. The first kappa shape index (κ1) is 13.9. The maximum absolute atomic E-state index is 14.0. The minimum Gasteiger partial charge on any atom is -0.326 e. The highest BCUT2D eigenvalue weighted by molar-refractivity contribution is 7.84. The van der Waals surface area contributed by atoms with Gasteiger partial charge in [-0.2, -0.15) is 0 Å². The summed E-state index contributed by atoms with van der Waals surface area (Å²) in [5.41, 5.74) is 7.47. The monoisotopic (exact) mass is 277 g/mol. The number of halogens is 1. The minimum atomic E-state index is -1.24. The van der Waals surface area contributed by atoms with Gasteiger partial charge in [-0.1, -0.05) is 35.9 Å². The van der Waals surface area contributed by atoms with Crippen molar-refractivity contribution in [1.29, 1.82) is 0 Å². The normalized spacial score (nSPS) is 12.4.